The minimum absolute atomic E-state index is 0.567. The highest BCUT2D eigenvalue weighted by Crippen LogP contribution is 1.93. The molecule has 0 aromatic heterocycles. The monoisotopic (exact) mass is 203 g/mol. The second-order valence-electron chi connectivity index (χ2n) is 3.60. The van der Waals surface area contributed by atoms with Crippen molar-refractivity contribution in [3.8, 4) is 0 Å². The van der Waals surface area contributed by atoms with E-state index in [2.05, 4.69) is 19.2 Å². The Hall–Kier alpha value is -0.120. The van der Waals surface area contributed by atoms with Crippen LogP contribution >= 0.6 is 0 Å². The summed E-state index contributed by atoms with van der Waals surface area (Å²) in [7, 11) is 1.72. The first-order valence-electron chi connectivity index (χ1n) is 5.61. The maximum absolute atomic E-state index is 5.47. The van der Waals surface area contributed by atoms with Crippen LogP contribution in [0.25, 0.3) is 0 Å². The van der Waals surface area contributed by atoms with E-state index in [4.69, 9.17) is 9.47 Å². The van der Waals surface area contributed by atoms with Gasteiger partial charge >= 0.3 is 0 Å². The number of hydrogen-bond donors (Lipinski definition) is 1. The minimum Gasteiger partial charge on any atom is -0.385 e. The lowest BCUT2D eigenvalue weighted by Crippen LogP contribution is -2.27. The highest BCUT2D eigenvalue weighted by molar-refractivity contribution is 4.58. The van der Waals surface area contributed by atoms with Crippen LogP contribution in [-0.4, -0.2) is 39.5 Å². The molecule has 1 atom stereocenters. The Balaban J connectivity index is 3.02. The summed E-state index contributed by atoms with van der Waals surface area (Å²) in [5.41, 5.74) is 0. The number of nitrogens with one attached hydrogen (secondary N) is 1. The van der Waals surface area contributed by atoms with E-state index in [0.717, 1.165) is 39.2 Å². The van der Waals surface area contributed by atoms with Gasteiger partial charge in [0, 0.05) is 33.0 Å². The molecule has 3 heteroatoms. The van der Waals surface area contributed by atoms with Crippen LogP contribution < -0.4 is 5.32 Å². The Morgan fingerprint density at radius 3 is 2.64 bits per heavy atom. The molecule has 0 rings (SSSR count). The normalized spacial score (nSPS) is 13.1. The number of ether oxygens (including phenoxy) is 2. The fourth-order valence-corrected chi connectivity index (χ4v) is 1.16. The summed E-state index contributed by atoms with van der Waals surface area (Å²) >= 11 is 0. The van der Waals surface area contributed by atoms with Gasteiger partial charge in [0.1, 0.15) is 0 Å². The molecule has 14 heavy (non-hydrogen) atoms. The van der Waals surface area contributed by atoms with Crippen LogP contribution in [0.1, 0.15) is 33.1 Å². The van der Waals surface area contributed by atoms with Crippen molar-refractivity contribution in [1.82, 2.24) is 5.32 Å². The molecule has 86 valence electrons. The van der Waals surface area contributed by atoms with E-state index in [9.17, 15) is 0 Å². The summed E-state index contributed by atoms with van der Waals surface area (Å²) < 4.78 is 10.4. The Morgan fingerprint density at radius 2 is 2.00 bits per heavy atom. The summed E-state index contributed by atoms with van der Waals surface area (Å²) in [5.74, 6) is 0. The molecule has 1 N–H and O–H groups in total. The highest BCUT2D eigenvalue weighted by Gasteiger charge is 1.99. The Labute approximate surface area is 88.2 Å². The third-order valence-corrected chi connectivity index (χ3v) is 2.08. The van der Waals surface area contributed by atoms with Gasteiger partial charge < -0.3 is 14.8 Å². The van der Waals surface area contributed by atoms with E-state index in [1.54, 1.807) is 7.11 Å². The zero-order valence-corrected chi connectivity index (χ0v) is 9.84. The molecule has 3 nitrogen and oxygen atoms in total. The second kappa shape index (κ2) is 11.0. The summed E-state index contributed by atoms with van der Waals surface area (Å²) in [6, 6.07) is 0.567. The van der Waals surface area contributed by atoms with E-state index in [1.165, 1.54) is 6.42 Å². The molecule has 0 aromatic carbocycles. The van der Waals surface area contributed by atoms with Gasteiger partial charge in [-0.3, -0.25) is 0 Å². The molecular formula is C11H25NO2. The predicted octanol–water partition coefficient (Wildman–Crippen LogP) is 1.82. The number of hydrogen-bond acceptors (Lipinski definition) is 3. The first kappa shape index (κ1) is 13.9. The zero-order chi connectivity index (χ0) is 10.6. The van der Waals surface area contributed by atoms with Crippen LogP contribution in [0, 0.1) is 0 Å². The zero-order valence-electron chi connectivity index (χ0n) is 9.84. The molecule has 0 aliphatic carbocycles. The van der Waals surface area contributed by atoms with Crippen molar-refractivity contribution in [1.29, 1.82) is 0 Å². The molecule has 0 amide bonds. The minimum atomic E-state index is 0.567. The van der Waals surface area contributed by atoms with Crippen LogP contribution in [0.3, 0.4) is 0 Å². The quantitative estimate of drug-likeness (QED) is 0.549. The van der Waals surface area contributed by atoms with Crippen LogP contribution in [0.15, 0.2) is 0 Å². The molecule has 0 aliphatic heterocycles. The van der Waals surface area contributed by atoms with Gasteiger partial charge in [-0.2, -0.15) is 0 Å². The summed E-state index contributed by atoms with van der Waals surface area (Å²) in [5, 5.41) is 3.43. The fourth-order valence-electron chi connectivity index (χ4n) is 1.16. The molecule has 0 radical (unpaired) electrons. The molecule has 0 saturated heterocycles. The van der Waals surface area contributed by atoms with Gasteiger partial charge in [0.15, 0.2) is 0 Å². The largest absolute Gasteiger partial charge is 0.385 e. The van der Waals surface area contributed by atoms with E-state index in [0.29, 0.717) is 6.04 Å². The fraction of sp³-hybridized carbons (Fsp3) is 1.00. The van der Waals surface area contributed by atoms with Crippen molar-refractivity contribution in [2.24, 2.45) is 0 Å². The molecule has 0 saturated carbocycles. The van der Waals surface area contributed by atoms with Crippen LogP contribution in [-0.2, 0) is 9.47 Å². The Morgan fingerprint density at radius 1 is 1.21 bits per heavy atom. The van der Waals surface area contributed by atoms with Gasteiger partial charge in [-0.1, -0.05) is 6.92 Å². The van der Waals surface area contributed by atoms with Crippen molar-refractivity contribution in [2.45, 2.75) is 39.2 Å². The van der Waals surface area contributed by atoms with Gasteiger partial charge in [-0.25, -0.2) is 0 Å². The lowest BCUT2D eigenvalue weighted by molar-refractivity contribution is 0.0973. The molecule has 0 fully saturated rings. The molecule has 0 heterocycles. The second-order valence-corrected chi connectivity index (χ2v) is 3.60. The van der Waals surface area contributed by atoms with E-state index < -0.39 is 0 Å². The average molecular weight is 203 g/mol. The summed E-state index contributed by atoms with van der Waals surface area (Å²) in [6.07, 6.45) is 3.28. The molecule has 0 bridgehead atoms. The highest BCUT2D eigenvalue weighted by atomic mass is 16.5. The lowest BCUT2D eigenvalue weighted by atomic mass is 10.2. The third-order valence-electron chi connectivity index (χ3n) is 2.08. The van der Waals surface area contributed by atoms with E-state index in [1.807, 2.05) is 0 Å². The van der Waals surface area contributed by atoms with Crippen molar-refractivity contribution in [3.05, 3.63) is 0 Å². The number of rotatable bonds is 10. The average Bonchev–Trinajstić information content (AvgIpc) is 2.20. The lowest BCUT2D eigenvalue weighted by Gasteiger charge is -2.12. The smallest absolute Gasteiger partial charge is 0.0487 e. The molecule has 1 unspecified atom stereocenters. The van der Waals surface area contributed by atoms with Crippen LogP contribution in [0.4, 0.5) is 0 Å². The number of methoxy groups -OCH3 is 1. The first-order valence-corrected chi connectivity index (χ1v) is 5.61. The molecule has 0 spiro atoms. The van der Waals surface area contributed by atoms with Crippen molar-refractivity contribution < 1.29 is 9.47 Å². The van der Waals surface area contributed by atoms with Gasteiger partial charge in [0.2, 0.25) is 0 Å². The summed E-state index contributed by atoms with van der Waals surface area (Å²) in [4.78, 5) is 0. The van der Waals surface area contributed by atoms with Crippen LogP contribution in [0.2, 0.25) is 0 Å². The molecule has 0 aromatic rings. The standard InChI is InChI=1S/C11H25NO2/c1-4-7-12-11(2)6-10-14-9-5-8-13-3/h11-12H,4-10H2,1-3H3. The summed E-state index contributed by atoms with van der Waals surface area (Å²) in [6.45, 7) is 7.94. The third kappa shape index (κ3) is 9.96. The van der Waals surface area contributed by atoms with Crippen molar-refractivity contribution in [3.63, 3.8) is 0 Å². The van der Waals surface area contributed by atoms with E-state index in [-0.39, 0.29) is 0 Å². The molecular weight excluding hydrogens is 178 g/mol. The maximum Gasteiger partial charge on any atom is 0.0487 e. The van der Waals surface area contributed by atoms with Crippen molar-refractivity contribution in [2.75, 3.05) is 33.5 Å². The first-order chi connectivity index (χ1) is 6.81. The van der Waals surface area contributed by atoms with Gasteiger partial charge in [0.25, 0.3) is 0 Å². The van der Waals surface area contributed by atoms with E-state index >= 15 is 0 Å². The van der Waals surface area contributed by atoms with Crippen molar-refractivity contribution >= 4 is 0 Å². The van der Waals surface area contributed by atoms with Gasteiger partial charge in [-0.05, 0) is 32.7 Å². The van der Waals surface area contributed by atoms with Gasteiger partial charge in [-0.15, -0.1) is 0 Å². The maximum atomic E-state index is 5.47. The molecule has 0 aliphatic rings. The Kier molecular flexibility index (Phi) is 10.9. The van der Waals surface area contributed by atoms with Gasteiger partial charge in [0.05, 0.1) is 0 Å². The SMILES string of the molecule is CCCNC(C)CCOCCCOC. The topological polar surface area (TPSA) is 30.5 Å². The van der Waals surface area contributed by atoms with Crippen LogP contribution in [0.5, 0.6) is 0 Å². The Bertz CT molecular complexity index is 109. The predicted molar refractivity (Wildman–Crippen MR) is 59.7 cm³/mol.